The number of benzene rings is 1. The van der Waals surface area contributed by atoms with Crippen LogP contribution in [0.1, 0.15) is 24.8 Å². The maximum absolute atomic E-state index is 11.9. The molecule has 1 saturated heterocycles. The van der Waals surface area contributed by atoms with Crippen molar-refractivity contribution in [2.24, 2.45) is 5.73 Å². The van der Waals surface area contributed by atoms with E-state index in [1.165, 1.54) is 0 Å². The zero-order valence-electron chi connectivity index (χ0n) is 13.2. The van der Waals surface area contributed by atoms with Crippen molar-refractivity contribution in [2.75, 3.05) is 19.7 Å². The van der Waals surface area contributed by atoms with Gasteiger partial charge in [0.05, 0.1) is 12.7 Å². The topological polar surface area (TPSA) is 73.6 Å². The summed E-state index contributed by atoms with van der Waals surface area (Å²) in [6, 6.07) is 5.52. The van der Waals surface area contributed by atoms with Gasteiger partial charge in [-0.2, -0.15) is 0 Å². The Morgan fingerprint density at radius 3 is 2.91 bits per heavy atom. The van der Waals surface area contributed by atoms with Crippen molar-refractivity contribution >= 4 is 29.9 Å². The van der Waals surface area contributed by atoms with Crippen LogP contribution in [0.3, 0.4) is 0 Å². The lowest BCUT2D eigenvalue weighted by atomic mass is 10.2. The standard InChI is InChI=1S/C16H23ClN2O3.ClH/c1-11-9-12(17)3-5-14(11)21-8-2-7-19-16(20)15-6-4-13(10-18)22-15;/h3,5,9,13,15H,2,4,6-8,10,18H2,1H3,(H,19,20);1H/t13-,15+;/m1./s1. The Labute approximate surface area is 148 Å². The van der Waals surface area contributed by atoms with Gasteiger partial charge in [0.1, 0.15) is 11.9 Å². The van der Waals surface area contributed by atoms with Crippen LogP contribution in [0.4, 0.5) is 0 Å². The zero-order chi connectivity index (χ0) is 15.9. The van der Waals surface area contributed by atoms with Gasteiger partial charge in [-0.25, -0.2) is 0 Å². The summed E-state index contributed by atoms with van der Waals surface area (Å²) in [5.74, 6) is 0.763. The quantitative estimate of drug-likeness (QED) is 0.730. The second-order valence-corrected chi connectivity index (χ2v) is 5.90. The highest BCUT2D eigenvalue weighted by Crippen LogP contribution is 2.22. The number of rotatable bonds is 7. The van der Waals surface area contributed by atoms with E-state index in [1.807, 2.05) is 19.1 Å². The van der Waals surface area contributed by atoms with Crippen molar-refractivity contribution in [3.63, 3.8) is 0 Å². The Bertz CT molecular complexity index is 514. The molecule has 2 atom stereocenters. The number of amides is 1. The van der Waals surface area contributed by atoms with Gasteiger partial charge in [-0.15, -0.1) is 12.4 Å². The molecule has 3 N–H and O–H groups in total. The predicted molar refractivity (Wildman–Crippen MR) is 93.5 cm³/mol. The summed E-state index contributed by atoms with van der Waals surface area (Å²) in [5, 5.41) is 3.57. The normalized spacial score (nSPS) is 20.0. The summed E-state index contributed by atoms with van der Waals surface area (Å²) >= 11 is 5.90. The molecule has 1 aliphatic heterocycles. The molecule has 0 radical (unpaired) electrons. The highest BCUT2D eigenvalue weighted by molar-refractivity contribution is 6.30. The van der Waals surface area contributed by atoms with Crippen LogP contribution in [0.5, 0.6) is 5.75 Å². The number of halogens is 2. The highest BCUT2D eigenvalue weighted by atomic mass is 35.5. The molecule has 1 aromatic carbocycles. The van der Waals surface area contributed by atoms with Crippen LogP contribution >= 0.6 is 24.0 Å². The van der Waals surface area contributed by atoms with Gasteiger partial charge >= 0.3 is 0 Å². The van der Waals surface area contributed by atoms with Crippen molar-refractivity contribution in [1.82, 2.24) is 5.32 Å². The lowest BCUT2D eigenvalue weighted by Gasteiger charge is -2.13. The fourth-order valence-electron chi connectivity index (χ4n) is 2.43. The van der Waals surface area contributed by atoms with Crippen LogP contribution in [0.15, 0.2) is 18.2 Å². The first-order chi connectivity index (χ1) is 10.6. The van der Waals surface area contributed by atoms with Gasteiger partial charge in [-0.05, 0) is 49.9 Å². The van der Waals surface area contributed by atoms with E-state index in [-0.39, 0.29) is 30.5 Å². The van der Waals surface area contributed by atoms with Crippen LogP contribution < -0.4 is 15.8 Å². The van der Waals surface area contributed by atoms with Crippen LogP contribution in [0, 0.1) is 6.92 Å². The molecule has 0 unspecified atom stereocenters. The van der Waals surface area contributed by atoms with E-state index in [9.17, 15) is 4.79 Å². The van der Waals surface area contributed by atoms with Gasteiger partial charge in [0.15, 0.2) is 0 Å². The number of carbonyl (C=O) groups excluding carboxylic acids is 1. The summed E-state index contributed by atoms with van der Waals surface area (Å²) in [7, 11) is 0. The van der Waals surface area contributed by atoms with Gasteiger partial charge in [0, 0.05) is 18.1 Å². The third kappa shape index (κ3) is 6.18. The fourth-order valence-corrected chi connectivity index (χ4v) is 2.65. The van der Waals surface area contributed by atoms with Crippen molar-refractivity contribution in [3.05, 3.63) is 28.8 Å². The predicted octanol–water partition coefficient (Wildman–Crippen LogP) is 2.46. The van der Waals surface area contributed by atoms with Crippen LogP contribution in [-0.2, 0) is 9.53 Å². The smallest absolute Gasteiger partial charge is 0.249 e. The summed E-state index contributed by atoms with van der Waals surface area (Å²) in [6.07, 6.45) is 2.00. The van der Waals surface area contributed by atoms with Crippen LogP contribution in [0.2, 0.25) is 5.02 Å². The SMILES string of the molecule is Cc1cc(Cl)ccc1OCCCNC(=O)[C@@H]1CC[C@H](CN)O1.Cl. The van der Waals surface area contributed by atoms with Crippen molar-refractivity contribution in [3.8, 4) is 5.75 Å². The minimum Gasteiger partial charge on any atom is -0.493 e. The molecule has 1 aliphatic rings. The Morgan fingerprint density at radius 1 is 1.48 bits per heavy atom. The molecule has 1 aromatic rings. The number of ether oxygens (including phenoxy) is 2. The lowest BCUT2D eigenvalue weighted by molar-refractivity contribution is -0.131. The molecular formula is C16H24Cl2N2O3. The largest absolute Gasteiger partial charge is 0.493 e. The number of carbonyl (C=O) groups is 1. The zero-order valence-corrected chi connectivity index (χ0v) is 14.8. The molecule has 0 aliphatic carbocycles. The molecule has 1 fully saturated rings. The molecule has 0 spiro atoms. The second-order valence-electron chi connectivity index (χ2n) is 5.46. The minimum atomic E-state index is -0.354. The van der Waals surface area contributed by atoms with E-state index in [0.717, 1.165) is 30.6 Å². The molecule has 1 heterocycles. The van der Waals surface area contributed by atoms with Crippen molar-refractivity contribution in [1.29, 1.82) is 0 Å². The third-order valence-electron chi connectivity index (χ3n) is 3.68. The maximum Gasteiger partial charge on any atom is 0.249 e. The van der Waals surface area contributed by atoms with E-state index < -0.39 is 0 Å². The van der Waals surface area contributed by atoms with Crippen LogP contribution in [-0.4, -0.2) is 37.8 Å². The number of hydrogen-bond donors (Lipinski definition) is 2. The molecule has 5 nitrogen and oxygen atoms in total. The Kier molecular flexibility index (Phi) is 8.69. The minimum absolute atomic E-state index is 0. The molecule has 2 rings (SSSR count). The summed E-state index contributed by atoms with van der Waals surface area (Å²) in [5.41, 5.74) is 6.53. The monoisotopic (exact) mass is 362 g/mol. The Morgan fingerprint density at radius 2 is 2.26 bits per heavy atom. The first-order valence-electron chi connectivity index (χ1n) is 7.62. The summed E-state index contributed by atoms with van der Waals surface area (Å²) < 4.78 is 11.2. The van der Waals surface area contributed by atoms with Gasteiger partial charge < -0.3 is 20.5 Å². The van der Waals surface area contributed by atoms with E-state index in [0.29, 0.717) is 24.7 Å². The van der Waals surface area contributed by atoms with E-state index in [4.69, 9.17) is 26.8 Å². The van der Waals surface area contributed by atoms with Crippen molar-refractivity contribution < 1.29 is 14.3 Å². The second kappa shape index (κ2) is 9.98. The van der Waals surface area contributed by atoms with Crippen molar-refractivity contribution in [2.45, 2.75) is 38.4 Å². The number of nitrogens with two attached hydrogens (primary N) is 1. The van der Waals surface area contributed by atoms with E-state index in [2.05, 4.69) is 5.32 Å². The molecule has 0 saturated carbocycles. The summed E-state index contributed by atoms with van der Waals surface area (Å²) in [4.78, 5) is 11.9. The van der Waals surface area contributed by atoms with Gasteiger partial charge in [0.25, 0.3) is 0 Å². The maximum atomic E-state index is 11.9. The molecule has 0 bridgehead atoms. The molecule has 7 heteroatoms. The number of hydrogen-bond acceptors (Lipinski definition) is 4. The Balaban J connectivity index is 0.00000264. The fraction of sp³-hybridized carbons (Fsp3) is 0.562. The number of nitrogens with one attached hydrogen (secondary N) is 1. The first-order valence-corrected chi connectivity index (χ1v) is 8.00. The third-order valence-corrected chi connectivity index (χ3v) is 3.91. The highest BCUT2D eigenvalue weighted by Gasteiger charge is 2.29. The Hall–Kier alpha value is -1.01. The van der Waals surface area contributed by atoms with Crippen LogP contribution in [0.25, 0.3) is 0 Å². The van der Waals surface area contributed by atoms with E-state index >= 15 is 0 Å². The molecular weight excluding hydrogens is 339 g/mol. The molecule has 130 valence electrons. The van der Waals surface area contributed by atoms with Gasteiger partial charge in [-0.1, -0.05) is 11.6 Å². The molecule has 0 aromatic heterocycles. The average Bonchev–Trinajstić information content (AvgIpc) is 2.97. The first kappa shape index (κ1) is 20.0. The average molecular weight is 363 g/mol. The lowest BCUT2D eigenvalue weighted by Crippen LogP contribution is -2.36. The molecule has 23 heavy (non-hydrogen) atoms. The summed E-state index contributed by atoms with van der Waals surface area (Å²) in [6.45, 7) is 3.53. The van der Waals surface area contributed by atoms with Gasteiger partial charge in [-0.3, -0.25) is 4.79 Å². The van der Waals surface area contributed by atoms with E-state index in [1.54, 1.807) is 6.07 Å². The molecule has 1 amide bonds. The van der Waals surface area contributed by atoms with Gasteiger partial charge in [0.2, 0.25) is 5.91 Å². The number of aryl methyl sites for hydroxylation is 1.